The summed E-state index contributed by atoms with van der Waals surface area (Å²) in [5, 5.41) is 4.38. The molecule has 0 aliphatic carbocycles. The number of hydrogen-bond acceptors (Lipinski definition) is 2. The van der Waals surface area contributed by atoms with E-state index >= 15 is 0 Å². The Morgan fingerprint density at radius 2 is 1.09 bits per heavy atom. The van der Waals surface area contributed by atoms with E-state index in [4.69, 9.17) is 4.84 Å². The minimum Gasteiger partial charge on any atom is -0.390 e. The number of nitrogens with zero attached hydrogens (tertiary/aromatic N) is 1. The molecule has 108 valence electrons. The van der Waals surface area contributed by atoms with Crippen molar-refractivity contribution in [2.45, 2.75) is 6.61 Å². The third-order valence-electron chi connectivity index (χ3n) is 3.32. The molecule has 2 heteroatoms. The summed E-state index contributed by atoms with van der Waals surface area (Å²) < 4.78 is 0. The fraction of sp³-hybridized carbons (Fsp3) is 0.0500. The van der Waals surface area contributed by atoms with Crippen molar-refractivity contribution in [2.24, 2.45) is 5.16 Å². The number of hydrogen-bond donors (Lipinski definition) is 0. The molecular formula is C20H17NO. The Balaban J connectivity index is 1.84. The lowest BCUT2D eigenvalue weighted by Gasteiger charge is -2.07. The average molecular weight is 287 g/mol. The van der Waals surface area contributed by atoms with E-state index in [2.05, 4.69) is 5.16 Å². The summed E-state index contributed by atoms with van der Waals surface area (Å²) in [6.45, 7) is 0.462. The fourth-order valence-corrected chi connectivity index (χ4v) is 2.21. The molecular weight excluding hydrogens is 270 g/mol. The van der Waals surface area contributed by atoms with Crippen LogP contribution in [0.15, 0.2) is 96.2 Å². The molecule has 0 atom stereocenters. The van der Waals surface area contributed by atoms with Gasteiger partial charge in [-0.05, 0) is 5.56 Å². The zero-order valence-corrected chi connectivity index (χ0v) is 12.2. The molecule has 0 bridgehead atoms. The highest BCUT2D eigenvalue weighted by Gasteiger charge is 2.07. The summed E-state index contributed by atoms with van der Waals surface area (Å²) in [4.78, 5) is 5.58. The molecule has 0 aromatic heterocycles. The van der Waals surface area contributed by atoms with Crippen molar-refractivity contribution in [3.05, 3.63) is 108 Å². The monoisotopic (exact) mass is 287 g/mol. The van der Waals surface area contributed by atoms with Crippen LogP contribution in [0.5, 0.6) is 0 Å². The van der Waals surface area contributed by atoms with E-state index in [9.17, 15) is 0 Å². The van der Waals surface area contributed by atoms with Gasteiger partial charge in [-0.1, -0.05) is 96.2 Å². The second-order valence-corrected chi connectivity index (χ2v) is 4.93. The molecule has 0 aliphatic heterocycles. The van der Waals surface area contributed by atoms with Crippen molar-refractivity contribution in [3.8, 4) is 0 Å². The van der Waals surface area contributed by atoms with Crippen LogP contribution < -0.4 is 0 Å². The molecule has 0 aliphatic rings. The maximum Gasteiger partial charge on any atom is 0.142 e. The van der Waals surface area contributed by atoms with Crippen molar-refractivity contribution in [3.63, 3.8) is 0 Å². The third kappa shape index (κ3) is 3.61. The lowest BCUT2D eigenvalue weighted by atomic mass is 10.0. The Kier molecular flexibility index (Phi) is 4.63. The Morgan fingerprint density at radius 3 is 1.59 bits per heavy atom. The van der Waals surface area contributed by atoms with E-state index in [1.807, 2.05) is 91.0 Å². The van der Waals surface area contributed by atoms with Gasteiger partial charge in [-0.2, -0.15) is 0 Å². The molecule has 0 amide bonds. The van der Waals surface area contributed by atoms with Crippen molar-refractivity contribution < 1.29 is 4.84 Å². The third-order valence-corrected chi connectivity index (χ3v) is 3.32. The molecule has 3 rings (SSSR count). The average Bonchev–Trinajstić information content (AvgIpc) is 2.61. The lowest BCUT2D eigenvalue weighted by Crippen LogP contribution is -2.04. The van der Waals surface area contributed by atoms with Crippen LogP contribution in [0.2, 0.25) is 0 Å². The minimum absolute atomic E-state index is 0.462. The summed E-state index contributed by atoms with van der Waals surface area (Å²) in [7, 11) is 0. The van der Waals surface area contributed by atoms with Gasteiger partial charge >= 0.3 is 0 Å². The van der Waals surface area contributed by atoms with Crippen LogP contribution in [-0.4, -0.2) is 5.71 Å². The van der Waals surface area contributed by atoms with E-state index in [1.54, 1.807) is 0 Å². The van der Waals surface area contributed by atoms with Crippen molar-refractivity contribution in [1.82, 2.24) is 0 Å². The van der Waals surface area contributed by atoms with E-state index in [1.165, 1.54) is 0 Å². The highest BCUT2D eigenvalue weighted by atomic mass is 16.6. The largest absolute Gasteiger partial charge is 0.390 e. The lowest BCUT2D eigenvalue weighted by molar-refractivity contribution is 0.131. The maximum atomic E-state index is 5.58. The molecule has 0 fully saturated rings. The van der Waals surface area contributed by atoms with Gasteiger partial charge in [-0.25, -0.2) is 0 Å². The van der Waals surface area contributed by atoms with Crippen LogP contribution in [0.3, 0.4) is 0 Å². The summed E-state index contributed by atoms with van der Waals surface area (Å²) in [6, 6.07) is 30.2. The first-order valence-electron chi connectivity index (χ1n) is 7.28. The van der Waals surface area contributed by atoms with Crippen LogP contribution in [0.25, 0.3) is 0 Å². The molecule has 3 aromatic rings. The summed E-state index contributed by atoms with van der Waals surface area (Å²) in [6.07, 6.45) is 0. The van der Waals surface area contributed by atoms with E-state index in [-0.39, 0.29) is 0 Å². The van der Waals surface area contributed by atoms with Gasteiger partial charge in [0.1, 0.15) is 12.3 Å². The summed E-state index contributed by atoms with van der Waals surface area (Å²) >= 11 is 0. The van der Waals surface area contributed by atoms with E-state index in [0.717, 1.165) is 22.4 Å². The van der Waals surface area contributed by atoms with Crippen LogP contribution in [0, 0.1) is 0 Å². The Morgan fingerprint density at radius 1 is 0.636 bits per heavy atom. The van der Waals surface area contributed by atoms with Gasteiger partial charge in [0.25, 0.3) is 0 Å². The zero-order valence-electron chi connectivity index (χ0n) is 12.2. The van der Waals surface area contributed by atoms with Gasteiger partial charge in [0, 0.05) is 11.1 Å². The standard InChI is InChI=1S/C20H17NO/c1-4-10-17(11-5-1)16-22-21-20(18-12-6-2-7-13-18)19-14-8-3-9-15-19/h1-15H,16H2. The predicted molar refractivity (Wildman–Crippen MR) is 89.8 cm³/mol. The first-order valence-corrected chi connectivity index (χ1v) is 7.28. The van der Waals surface area contributed by atoms with E-state index < -0.39 is 0 Å². The quantitative estimate of drug-likeness (QED) is 0.494. The summed E-state index contributed by atoms with van der Waals surface area (Å²) in [5.74, 6) is 0. The van der Waals surface area contributed by atoms with Crippen molar-refractivity contribution >= 4 is 5.71 Å². The molecule has 0 N–H and O–H groups in total. The second-order valence-electron chi connectivity index (χ2n) is 4.93. The Bertz CT molecular complexity index is 680. The van der Waals surface area contributed by atoms with Crippen molar-refractivity contribution in [2.75, 3.05) is 0 Å². The van der Waals surface area contributed by atoms with Crippen LogP contribution in [0.1, 0.15) is 16.7 Å². The molecule has 0 radical (unpaired) electrons. The Labute approximate surface area is 130 Å². The van der Waals surface area contributed by atoms with Gasteiger partial charge in [-0.3, -0.25) is 0 Å². The van der Waals surface area contributed by atoms with Gasteiger partial charge in [-0.15, -0.1) is 0 Å². The molecule has 3 aromatic carbocycles. The van der Waals surface area contributed by atoms with Gasteiger partial charge in [0.15, 0.2) is 0 Å². The fourth-order valence-electron chi connectivity index (χ4n) is 2.21. The molecule has 2 nitrogen and oxygen atoms in total. The van der Waals surface area contributed by atoms with Crippen LogP contribution in [-0.2, 0) is 11.4 Å². The first-order chi connectivity index (χ1) is 10.9. The number of rotatable bonds is 5. The molecule has 0 saturated carbocycles. The van der Waals surface area contributed by atoms with Crippen LogP contribution in [0.4, 0.5) is 0 Å². The highest BCUT2D eigenvalue weighted by molar-refractivity contribution is 6.12. The molecule has 0 saturated heterocycles. The summed E-state index contributed by atoms with van der Waals surface area (Å²) in [5.41, 5.74) is 4.03. The number of oxime groups is 1. The second kappa shape index (κ2) is 7.23. The highest BCUT2D eigenvalue weighted by Crippen LogP contribution is 2.12. The van der Waals surface area contributed by atoms with Gasteiger partial charge < -0.3 is 4.84 Å². The molecule has 22 heavy (non-hydrogen) atoms. The van der Waals surface area contributed by atoms with Crippen LogP contribution >= 0.6 is 0 Å². The van der Waals surface area contributed by atoms with Crippen molar-refractivity contribution in [1.29, 1.82) is 0 Å². The van der Waals surface area contributed by atoms with Gasteiger partial charge in [0.2, 0.25) is 0 Å². The topological polar surface area (TPSA) is 21.6 Å². The SMILES string of the molecule is c1ccc(CON=C(c2ccccc2)c2ccccc2)cc1. The zero-order chi connectivity index (χ0) is 15.0. The predicted octanol–water partition coefficient (Wildman–Crippen LogP) is 4.66. The minimum atomic E-state index is 0.462. The molecule has 0 unspecified atom stereocenters. The Hall–Kier alpha value is -2.87. The number of benzene rings is 3. The molecule has 0 heterocycles. The maximum absolute atomic E-state index is 5.58. The van der Waals surface area contributed by atoms with Gasteiger partial charge in [0.05, 0.1) is 0 Å². The van der Waals surface area contributed by atoms with E-state index in [0.29, 0.717) is 6.61 Å². The normalized spacial score (nSPS) is 10.0. The first kappa shape index (κ1) is 14.1. The molecule has 0 spiro atoms. The smallest absolute Gasteiger partial charge is 0.142 e.